The molecule has 0 atom stereocenters. The van der Waals surface area contributed by atoms with Crippen LogP contribution in [0, 0.1) is 17.5 Å². The number of thiophene rings is 4. The fourth-order valence-corrected chi connectivity index (χ4v) is 15.1. The monoisotopic (exact) mass is 1750 g/mol. The molecular weight excluding hydrogens is 1670 g/mol. The largest absolute Gasteiger partial charge is 0.497 e. The Morgan fingerprint density at radius 3 is 0.928 bits per heavy atom. The summed E-state index contributed by atoms with van der Waals surface area (Å²) in [6, 6.07) is 77.7. The van der Waals surface area contributed by atoms with Crippen molar-refractivity contribution in [3.05, 3.63) is 351 Å². The lowest BCUT2D eigenvalue weighted by Crippen LogP contribution is -2.22. The summed E-state index contributed by atoms with van der Waals surface area (Å²) in [5, 5.41) is 24.0. The molecule has 8 heterocycles. The van der Waals surface area contributed by atoms with Gasteiger partial charge in [-0.25, -0.2) is 53.0 Å². The normalized spacial score (nSPS) is 10.5. The van der Waals surface area contributed by atoms with E-state index >= 15 is 0 Å². The number of carbonyl (C=O) groups is 4. The molecule has 25 nitrogen and oxygen atoms in total. The Labute approximate surface area is 732 Å². The molecule has 0 spiro atoms. The third-order valence-corrected chi connectivity index (χ3v) is 22.5. The van der Waals surface area contributed by atoms with Gasteiger partial charge < -0.3 is 66.2 Å². The zero-order valence-corrected chi connectivity index (χ0v) is 70.8. The van der Waals surface area contributed by atoms with Gasteiger partial charge in [0.25, 0.3) is 23.6 Å². The summed E-state index contributed by atoms with van der Waals surface area (Å²) in [6.45, 7) is 1.14. The van der Waals surface area contributed by atoms with E-state index < -0.39 is 0 Å². The Kier molecular flexibility index (Phi) is 30.7. The molecule has 0 saturated carbocycles. The van der Waals surface area contributed by atoms with E-state index in [0.29, 0.717) is 84.6 Å². The molecule has 16 rings (SSSR count). The maximum atomic E-state index is 13.7. The van der Waals surface area contributed by atoms with E-state index in [9.17, 15) is 32.3 Å². The lowest BCUT2D eigenvalue weighted by atomic mass is 10.2. The molecule has 4 amide bonds. The summed E-state index contributed by atoms with van der Waals surface area (Å²) in [7, 11) is 8.10. The van der Waals surface area contributed by atoms with Crippen LogP contribution in [0.1, 0.15) is 60.9 Å². The number of ether oxygens (including phenoxy) is 5. The highest BCUT2D eigenvalue weighted by Gasteiger charge is 2.19. The van der Waals surface area contributed by atoms with Crippen LogP contribution in [0.4, 0.5) is 59.7 Å². The van der Waals surface area contributed by atoms with Gasteiger partial charge in [-0.05, 0) is 229 Å². The number of carbonyl (C=O) groups excluding carboxylic acids is 4. The lowest BCUT2D eigenvalue weighted by molar-refractivity contribution is 0.0946. The maximum absolute atomic E-state index is 13.7. The first kappa shape index (κ1) is 87.6. The van der Waals surface area contributed by atoms with Crippen LogP contribution in [-0.2, 0) is 26.2 Å². The molecule has 16 aromatic rings. The highest BCUT2D eigenvalue weighted by molar-refractivity contribution is 7.18. The first-order valence-corrected chi connectivity index (χ1v) is 41.6. The van der Waals surface area contributed by atoms with Gasteiger partial charge in [0, 0.05) is 79.3 Å². The highest BCUT2D eigenvalue weighted by atomic mass is 32.1. The van der Waals surface area contributed by atoms with Crippen LogP contribution in [0.25, 0.3) is 42.3 Å². The molecule has 32 heteroatoms. The van der Waals surface area contributed by atoms with Crippen molar-refractivity contribution in [2.24, 2.45) is 0 Å². The van der Waals surface area contributed by atoms with Crippen molar-refractivity contribution in [2.75, 3.05) is 56.8 Å². The van der Waals surface area contributed by atoms with E-state index in [2.05, 4.69) is 82.4 Å². The quantitative estimate of drug-likeness (QED) is 0.0216. The van der Waals surface area contributed by atoms with Gasteiger partial charge in [-0.15, -0.1) is 45.3 Å². The van der Waals surface area contributed by atoms with Gasteiger partial charge in [-0.2, -0.15) is 0 Å². The van der Waals surface area contributed by atoms with Crippen molar-refractivity contribution >= 4 is 116 Å². The molecule has 0 unspecified atom stereocenters. The Hall–Kier alpha value is -15.3. The predicted molar refractivity (Wildman–Crippen MR) is 483 cm³/mol. The summed E-state index contributed by atoms with van der Waals surface area (Å²) in [5.74, 6) is 3.91. The van der Waals surface area contributed by atoms with Gasteiger partial charge in [0.1, 0.15) is 46.2 Å². The standard InChI is InChI=1S/C24H22N4O3S.3C23H19FN4O2S/c1-30-18-8-6-17(7-9-18)27-24-25-13-12-20(28-24)21-10-11-22(32-21)23(29)26-15-16-4-3-5-19(14-16)31-2;1-30-18-8-6-17(7-9-18)27-23-25-13-12-19(28-23)20-10-11-21(31-20)22(29)26-14-15-2-4-16(24)5-3-15;1-30-18-7-5-17(6-8-18)27-23-25-12-11-19(28-23)20-9-10-21(31-20)22(29)26-14-15-3-2-4-16(24)13-15;1-30-17-8-6-16(7-9-17)27-23-25-13-12-19(28-23)20-10-11-21(31-20)22(29)26-14-15-4-2-3-5-18(15)24/h3-14H,15H2,1-2H3,(H,26,29)(H,25,27,28);3*2-13H,14H2,1H3,(H,26,29)(H,25,27,28). The van der Waals surface area contributed by atoms with Crippen molar-refractivity contribution < 1.29 is 56.0 Å². The van der Waals surface area contributed by atoms with E-state index in [-0.39, 0.29) is 54.2 Å². The second kappa shape index (κ2) is 43.8. The van der Waals surface area contributed by atoms with Crippen molar-refractivity contribution in [1.29, 1.82) is 0 Å². The summed E-state index contributed by atoms with van der Waals surface area (Å²) < 4.78 is 65.9. The van der Waals surface area contributed by atoms with Gasteiger partial charge in [-0.3, -0.25) is 19.2 Å². The van der Waals surface area contributed by atoms with Gasteiger partial charge in [-0.1, -0.05) is 54.6 Å². The van der Waals surface area contributed by atoms with Gasteiger partial charge >= 0.3 is 0 Å². The summed E-state index contributed by atoms with van der Waals surface area (Å²) in [6.07, 6.45) is 6.68. The number of nitrogens with zero attached hydrogens (tertiary/aromatic N) is 8. The molecule has 8 aromatic carbocycles. The molecule has 8 aromatic heterocycles. The fraction of sp³-hybridized carbons (Fsp3) is 0.0968. The van der Waals surface area contributed by atoms with E-state index in [0.717, 1.165) is 87.8 Å². The number of benzene rings is 8. The maximum Gasteiger partial charge on any atom is 0.261 e. The molecule has 0 saturated heterocycles. The summed E-state index contributed by atoms with van der Waals surface area (Å²) in [4.78, 5) is 90.9. The van der Waals surface area contributed by atoms with Crippen LogP contribution in [0.2, 0.25) is 0 Å². The Morgan fingerprint density at radius 2 is 0.600 bits per heavy atom. The molecule has 0 aliphatic rings. The van der Waals surface area contributed by atoms with Gasteiger partial charge in [0.05, 0.1) is 97.3 Å². The van der Waals surface area contributed by atoms with Gasteiger partial charge in [0.15, 0.2) is 0 Å². The van der Waals surface area contributed by atoms with Crippen molar-refractivity contribution in [3.8, 4) is 71.0 Å². The second-order valence-corrected chi connectivity index (χ2v) is 30.9. The molecular formula is C93H79F3N16O9S4. The number of hydrogen-bond acceptors (Lipinski definition) is 25. The fourth-order valence-electron chi connectivity index (χ4n) is 11.6. The van der Waals surface area contributed by atoms with Crippen LogP contribution in [0.5, 0.6) is 28.7 Å². The molecule has 125 heavy (non-hydrogen) atoms. The first-order valence-electron chi connectivity index (χ1n) is 38.3. The number of methoxy groups -OCH3 is 5. The number of anilines is 8. The Balaban J connectivity index is 0.000000143. The molecule has 630 valence electrons. The molecule has 0 radical (unpaired) electrons. The van der Waals surface area contributed by atoms with Gasteiger partial charge in [0.2, 0.25) is 23.8 Å². The minimum absolute atomic E-state index is 0.127. The van der Waals surface area contributed by atoms with Crippen molar-refractivity contribution in [2.45, 2.75) is 26.2 Å². The number of nitrogens with one attached hydrogen (secondary N) is 8. The SMILES string of the molecule is COc1ccc(Nc2nccc(-c3ccc(C(=O)NCc4ccc(F)cc4)s3)n2)cc1.COc1ccc(Nc2nccc(-c3ccc(C(=O)NCc4cccc(F)c4)s3)n2)cc1.COc1ccc(Nc2nccc(-c3ccc(C(=O)NCc4cccc(OC)c4)s3)n2)cc1.COc1ccc(Nc2nccc(-c3ccc(C(=O)NCc4ccccc4F)s3)n2)cc1. The van der Waals surface area contributed by atoms with Crippen LogP contribution < -0.4 is 66.2 Å². The number of halogens is 3. The third-order valence-electron chi connectivity index (χ3n) is 18.0. The first-order chi connectivity index (χ1) is 61.0. The van der Waals surface area contributed by atoms with E-state index in [4.69, 9.17) is 23.7 Å². The minimum atomic E-state index is -0.340. The molecule has 0 fully saturated rings. The van der Waals surface area contributed by atoms with Crippen molar-refractivity contribution in [1.82, 2.24) is 61.1 Å². The Bertz CT molecular complexity index is 6290. The van der Waals surface area contributed by atoms with Crippen LogP contribution in [-0.4, -0.2) is 99.0 Å². The highest BCUT2D eigenvalue weighted by Crippen LogP contribution is 2.34. The number of amides is 4. The second-order valence-electron chi connectivity index (χ2n) is 26.6. The molecule has 0 aliphatic carbocycles. The average Bonchev–Trinajstić information content (AvgIpc) is 1.74. The van der Waals surface area contributed by atoms with Crippen molar-refractivity contribution in [3.63, 3.8) is 0 Å². The lowest BCUT2D eigenvalue weighted by Gasteiger charge is -2.07. The smallest absolute Gasteiger partial charge is 0.261 e. The van der Waals surface area contributed by atoms with E-state index in [1.165, 1.54) is 75.7 Å². The average molecular weight is 1750 g/mol. The topological polar surface area (TPSA) is 314 Å². The molecule has 0 aliphatic heterocycles. The Morgan fingerprint density at radius 1 is 0.288 bits per heavy atom. The van der Waals surface area contributed by atoms with E-state index in [1.54, 1.807) is 145 Å². The number of hydrogen-bond donors (Lipinski definition) is 8. The minimum Gasteiger partial charge on any atom is -0.497 e. The number of rotatable bonds is 29. The zero-order chi connectivity index (χ0) is 87.2. The van der Waals surface area contributed by atoms with Crippen LogP contribution >= 0.6 is 45.3 Å². The number of aromatic nitrogens is 8. The summed E-state index contributed by atoms with van der Waals surface area (Å²) in [5.41, 5.74) is 9.17. The molecule has 0 bridgehead atoms. The molecule has 8 N–H and O–H groups in total. The third kappa shape index (κ3) is 25.7. The van der Waals surface area contributed by atoms with Crippen LogP contribution in [0.15, 0.2) is 292 Å². The van der Waals surface area contributed by atoms with E-state index in [1.807, 2.05) is 152 Å². The van der Waals surface area contributed by atoms with Crippen LogP contribution in [0.3, 0.4) is 0 Å². The predicted octanol–water partition coefficient (Wildman–Crippen LogP) is 20.0. The zero-order valence-electron chi connectivity index (χ0n) is 67.6. The summed E-state index contributed by atoms with van der Waals surface area (Å²) >= 11 is 5.38.